The predicted octanol–water partition coefficient (Wildman–Crippen LogP) is -0.00940. The summed E-state index contributed by atoms with van der Waals surface area (Å²) in [6, 6.07) is 4.58. The number of esters is 2. The molecule has 0 heterocycles. The largest absolute Gasteiger partial charge is 0.473 e. The molecule has 0 aliphatic rings. The van der Waals surface area contributed by atoms with E-state index >= 15 is 0 Å². The molecule has 110 valence electrons. The molecule has 1 aromatic carbocycles. The van der Waals surface area contributed by atoms with Crippen LogP contribution in [0.3, 0.4) is 0 Å². The fraction of sp³-hybridized carbons (Fsp3) is 0. The molecule has 0 aromatic heterocycles. The molecule has 0 atom stereocenters. The summed E-state index contributed by atoms with van der Waals surface area (Å²) in [6.07, 6.45) is 0. The summed E-state index contributed by atoms with van der Waals surface area (Å²) in [6.45, 7) is 0. The summed E-state index contributed by atoms with van der Waals surface area (Å²) in [7, 11) is 0. The number of hydrogen-bond donors (Lipinski definition) is 4. The minimum atomic E-state index is -1.75. The van der Waals surface area contributed by atoms with Gasteiger partial charge in [0.1, 0.15) is 11.5 Å². The lowest BCUT2D eigenvalue weighted by Crippen LogP contribution is -2.20. The first kappa shape index (κ1) is 19.4. The van der Waals surface area contributed by atoms with Gasteiger partial charge in [0.15, 0.2) is 0 Å². The van der Waals surface area contributed by atoms with E-state index in [1.54, 1.807) is 0 Å². The summed E-state index contributed by atoms with van der Waals surface area (Å²) in [5.74, 6) is -6.61. The normalized spacial score (nSPS) is 8.40. The molecule has 0 amide bonds. The number of aliphatic carboxylic acids is 2. The number of ether oxygens (including phenoxy) is 2. The molecule has 0 unspecified atom stereocenters. The van der Waals surface area contributed by atoms with Crippen LogP contribution in [0.5, 0.6) is 11.5 Å². The van der Waals surface area contributed by atoms with Gasteiger partial charge in [0.2, 0.25) is 0 Å². The van der Waals surface area contributed by atoms with Crippen molar-refractivity contribution in [2.75, 3.05) is 0 Å². The minimum Gasteiger partial charge on any atom is -0.473 e. The van der Waals surface area contributed by atoms with Crippen molar-refractivity contribution < 1.29 is 38.9 Å². The zero-order chi connectivity index (χ0) is 13.7. The van der Waals surface area contributed by atoms with Crippen molar-refractivity contribution in [3.05, 3.63) is 24.3 Å². The summed E-state index contributed by atoms with van der Waals surface area (Å²) in [5.41, 5.74) is 0. The van der Waals surface area contributed by atoms with Crippen molar-refractivity contribution in [1.82, 2.24) is 12.3 Å². The highest BCUT2D eigenvalue weighted by Crippen LogP contribution is 2.17. The second-order valence-electron chi connectivity index (χ2n) is 2.86. The molecule has 0 aliphatic heterocycles. The van der Waals surface area contributed by atoms with Gasteiger partial charge in [0, 0.05) is 0 Å². The number of carboxylic acid groups (broad SMARTS) is 2. The molecular formula is C10H12N2O8. The molecule has 0 spiro atoms. The summed E-state index contributed by atoms with van der Waals surface area (Å²) < 4.78 is 8.78. The molecule has 20 heavy (non-hydrogen) atoms. The van der Waals surface area contributed by atoms with Crippen LogP contribution in [0.4, 0.5) is 0 Å². The number of rotatable bonds is 2. The van der Waals surface area contributed by atoms with Crippen LogP contribution in [0, 0.1) is 0 Å². The van der Waals surface area contributed by atoms with E-state index in [4.69, 9.17) is 10.2 Å². The molecule has 0 saturated heterocycles. The van der Waals surface area contributed by atoms with E-state index in [1.165, 1.54) is 0 Å². The Morgan fingerprint density at radius 1 is 0.700 bits per heavy atom. The Balaban J connectivity index is 0. The predicted molar refractivity (Wildman–Crippen MR) is 63.0 cm³/mol. The zero-order valence-electron chi connectivity index (χ0n) is 10.1. The van der Waals surface area contributed by atoms with Gasteiger partial charge < -0.3 is 32.0 Å². The Labute approximate surface area is 112 Å². The Morgan fingerprint density at radius 3 is 1.15 bits per heavy atom. The van der Waals surface area contributed by atoms with E-state index < -0.39 is 23.9 Å². The molecule has 10 heteroatoms. The summed E-state index contributed by atoms with van der Waals surface area (Å²) in [5, 5.41) is 16.5. The Hall–Kier alpha value is -2.98. The second kappa shape index (κ2) is 8.18. The molecule has 1 rings (SSSR count). The molecule has 0 bridgehead atoms. The van der Waals surface area contributed by atoms with Gasteiger partial charge >= 0.3 is 23.9 Å². The number of carbonyl (C=O) groups excluding carboxylic acids is 2. The maximum Gasteiger partial charge on any atom is 0.422 e. The van der Waals surface area contributed by atoms with Gasteiger partial charge in [0.25, 0.3) is 0 Å². The Bertz CT molecular complexity index is 463. The quantitative estimate of drug-likeness (QED) is 0.326. The van der Waals surface area contributed by atoms with E-state index in [-0.39, 0.29) is 23.8 Å². The van der Waals surface area contributed by atoms with Crippen molar-refractivity contribution in [2.45, 2.75) is 0 Å². The van der Waals surface area contributed by atoms with Crippen molar-refractivity contribution in [3.8, 4) is 11.5 Å². The van der Waals surface area contributed by atoms with Crippen molar-refractivity contribution in [2.24, 2.45) is 0 Å². The van der Waals surface area contributed by atoms with Crippen LogP contribution in [0.2, 0.25) is 0 Å². The molecule has 1 aromatic rings. The lowest BCUT2D eigenvalue weighted by atomic mass is 10.3. The molecule has 0 aliphatic carbocycles. The second-order valence-corrected chi connectivity index (χ2v) is 2.86. The topological polar surface area (TPSA) is 197 Å². The lowest BCUT2D eigenvalue weighted by molar-refractivity contribution is -0.158. The van der Waals surface area contributed by atoms with Crippen LogP contribution in [-0.4, -0.2) is 34.1 Å². The Morgan fingerprint density at radius 2 is 0.950 bits per heavy atom. The molecule has 0 fully saturated rings. The van der Waals surface area contributed by atoms with E-state index in [1.807, 2.05) is 0 Å². The van der Waals surface area contributed by atoms with Crippen LogP contribution in [0.25, 0.3) is 0 Å². The van der Waals surface area contributed by atoms with Crippen molar-refractivity contribution >= 4 is 23.9 Å². The third-order valence-corrected chi connectivity index (χ3v) is 1.59. The molecule has 8 N–H and O–H groups in total. The fourth-order valence-corrected chi connectivity index (χ4v) is 0.877. The number of benzene rings is 1. The maximum absolute atomic E-state index is 10.7. The Kier molecular flexibility index (Phi) is 7.92. The molecule has 10 nitrogen and oxygen atoms in total. The van der Waals surface area contributed by atoms with Crippen LogP contribution < -0.4 is 21.8 Å². The average molecular weight is 288 g/mol. The molecule has 0 saturated carbocycles. The summed E-state index contributed by atoms with van der Waals surface area (Å²) >= 11 is 0. The number of hydrogen-bond acceptors (Lipinski definition) is 8. The number of carboxylic acids is 2. The summed E-state index contributed by atoms with van der Waals surface area (Å²) in [4.78, 5) is 41.7. The fourth-order valence-electron chi connectivity index (χ4n) is 0.877. The zero-order valence-corrected chi connectivity index (χ0v) is 10.1. The number of carbonyl (C=O) groups is 4. The van der Waals surface area contributed by atoms with Gasteiger partial charge in [-0.1, -0.05) is 0 Å². The lowest BCUT2D eigenvalue weighted by Gasteiger charge is -2.03. The minimum absolute atomic E-state index is 0. The third kappa shape index (κ3) is 5.57. The highest BCUT2D eigenvalue weighted by Gasteiger charge is 2.16. The highest BCUT2D eigenvalue weighted by molar-refractivity contribution is 6.29. The first-order valence-corrected chi connectivity index (χ1v) is 4.40. The van der Waals surface area contributed by atoms with Crippen LogP contribution in [0.1, 0.15) is 0 Å². The SMILES string of the molecule is N.N.O=C(O)C(=O)Oc1ccc(OC(=O)C(=O)O)cc1. The van der Waals surface area contributed by atoms with Crippen molar-refractivity contribution in [1.29, 1.82) is 0 Å². The van der Waals surface area contributed by atoms with Crippen LogP contribution in [-0.2, 0) is 19.2 Å². The first-order chi connectivity index (χ1) is 8.40. The van der Waals surface area contributed by atoms with E-state index in [0.29, 0.717) is 0 Å². The first-order valence-electron chi connectivity index (χ1n) is 4.40. The van der Waals surface area contributed by atoms with Crippen molar-refractivity contribution in [3.63, 3.8) is 0 Å². The highest BCUT2D eigenvalue weighted by atomic mass is 16.6. The average Bonchev–Trinajstić information content (AvgIpc) is 2.31. The third-order valence-electron chi connectivity index (χ3n) is 1.59. The van der Waals surface area contributed by atoms with Crippen LogP contribution >= 0.6 is 0 Å². The van der Waals surface area contributed by atoms with E-state index in [2.05, 4.69) is 9.47 Å². The van der Waals surface area contributed by atoms with Crippen LogP contribution in [0.15, 0.2) is 24.3 Å². The van der Waals surface area contributed by atoms with Gasteiger partial charge in [0.05, 0.1) is 0 Å². The standard InChI is InChI=1S/C10H6O8.2H3N/c11-7(12)9(15)17-5-1-2-6(4-3-5)18-10(16)8(13)14;;/h1-4H,(H,11,12)(H,13,14);2*1H3. The van der Waals surface area contributed by atoms with E-state index in [0.717, 1.165) is 24.3 Å². The maximum atomic E-state index is 10.7. The van der Waals surface area contributed by atoms with Gasteiger partial charge in [-0.25, -0.2) is 19.2 Å². The monoisotopic (exact) mass is 288 g/mol. The van der Waals surface area contributed by atoms with Gasteiger partial charge in [-0.05, 0) is 24.3 Å². The van der Waals surface area contributed by atoms with Gasteiger partial charge in [-0.15, -0.1) is 0 Å². The van der Waals surface area contributed by atoms with Gasteiger partial charge in [-0.2, -0.15) is 0 Å². The van der Waals surface area contributed by atoms with E-state index in [9.17, 15) is 19.2 Å². The molecule has 0 radical (unpaired) electrons. The van der Waals surface area contributed by atoms with Gasteiger partial charge in [-0.3, -0.25) is 0 Å². The molecular weight excluding hydrogens is 276 g/mol. The smallest absolute Gasteiger partial charge is 0.422 e.